The lowest BCUT2D eigenvalue weighted by Gasteiger charge is -2.30. The van der Waals surface area contributed by atoms with Crippen molar-refractivity contribution in [1.82, 2.24) is 4.90 Å². The summed E-state index contributed by atoms with van der Waals surface area (Å²) in [6, 6.07) is 14.0. The summed E-state index contributed by atoms with van der Waals surface area (Å²) in [5.41, 5.74) is 9.43. The van der Waals surface area contributed by atoms with Gasteiger partial charge in [-0.05, 0) is 49.7 Å². The lowest BCUT2D eigenvalue weighted by molar-refractivity contribution is 0.618. The van der Waals surface area contributed by atoms with Gasteiger partial charge in [0.2, 0.25) is 0 Å². The van der Waals surface area contributed by atoms with Crippen LogP contribution in [-0.4, -0.2) is 24.8 Å². The number of hydrazine groups is 1. The summed E-state index contributed by atoms with van der Waals surface area (Å²) in [6.07, 6.45) is 7.34. The maximum Gasteiger partial charge on any atom is 0.180 e. The van der Waals surface area contributed by atoms with Crippen molar-refractivity contribution in [1.29, 1.82) is 0 Å². The Morgan fingerprint density at radius 1 is 1.15 bits per heavy atom. The largest absolute Gasteiger partial charge is 0.390 e. The van der Waals surface area contributed by atoms with Gasteiger partial charge >= 0.3 is 0 Å². The molecule has 0 aromatic heterocycles. The van der Waals surface area contributed by atoms with Crippen molar-refractivity contribution >= 4 is 34.9 Å². The van der Waals surface area contributed by atoms with Crippen LogP contribution in [0.3, 0.4) is 0 Å². The van der Waals surface area contributed by atoms with Gasteiger partial charge in [0.15, 0.2) is 5.82 Å². The Kier molecular flexibility index (Phi) is 12.7. The van der Waals surface area contributed by atoms with Crippen molar-refractivity contribution in [3.8, 4) is 0 Å². The van der Waals surface area contributed by atoms with Crippen LogP contribution in [0.25, 0.3) is 0 Å². The Balaban J connectivity index is 0.000000517. The predicted molar refractivity (Wildman–Crippen MR) is 142 cm³/mol. The van der Waals surface area contributed by atoms with Gasteiger partial charge in [0, 0.05) is 24.6 Å². The zero-order valence-electron chi connectivity index (χ0n) is 19.4. The van der Waals surface area contributed by atoms with E-state index in [4.69, 9.17) is 23.2 Å². The van der Waals surface area contributed by atoms with Gasteiger partial charge in [-0.15, -0.1) is 0 Å². The van der Waals surface area contributed by atoms with Gasteiger partial charge < -0.3 is 10.6 Å². The highest BCUT2D eigenvalue weighted by molar-refractivity contribution is 8.03. The monoisotopic (exact) mass is 487 g/mol. The molecule has 0 bridgehead atoms. The second-order valence-electron chi connectivity index (χ2n) is 6.69. The van der Waals surface area contributed by atoms with Crippen LogP contribution in [0, 0.1) is 5.82 Å². The zero-order chi connectivity index (χ0) is 24.8. The average molecular weight is 488 g/mol. The van der Waals surface area contributed by atoms with Crippen molar-refractivity contribution in [3.63, 3.8) is 0 Å². The maximum atomic E-state index is 13.4. The smallest absolute Gasteiger partial charge is 0.180 e. The number of halogens is 2. The minimum atomic E-state index is -0.311. The molecule has 176 valence electrons. The number of benzene rings is 2. The van der Waals surface area contributed by atoms with E-state index in [0.717, 1.165) is 17.1 Å². The molecule has 3 rings (SSSR count). The normalized spacial score (nSPS) is 13.9. The summed E-state index contributed by atoms with van der Waals surface area (Å²) in [7, 11) is 3.82. The van der Waals surface area contributed by atoms with Crippen LogP contribution in [0.15, 0.2) is 106 Å². The topological polar surface area (TPSA) is 70.9 Å². The Morgan fingerprint density at radius 3 is 2.33 bits per heavy atom. The fourth-order valence-corrected chi connectivity index (χ4v) is 3.36. The molecule has 8 heteroatoms. The molecule has 1 heterocycles. The third-order valence-corrected chi connectivity index (χ3v) is 5.11. The molecule has 4 N–H and O–H groups in total. The summed E-state index contributed by atoms with van der Waals surface area (Å²) < 4.78 is 13.4. The quantitative estimate of drug-likeness (QED) is 0.306. The van der Waals surface area contributed by atoms with E-state index in [2.05, 4.69) is 11.6 Å². The predicted octanol–water partition coefficient (Wildman–Crippen LogP) is 6.21. The minimum absolute atomic E-state index is 0.311. The highest BCUT2D eigenvalue weighted by Crippen LogP contribution is 2.33. The van der Waals surface area contributed by atoms with E-state index in [1.807, 2.05) is 69.3 Å². The molecular weight excluding hydrogens is 457 g/mol. The number of hydrogen-bond donors (Lipinski definition) is 2. The number of hydrogen-bond acceptors (Lipinski definition) is 6. The zero-order valence-corrected chi connectivity index (χ0v) is 20.9. The van der Waals surface area contributed by atoms with E-state index >= 15 is 0 Å². The molecule has 0 spiro atoms. The summed E-state index contributed by atoms with van der Waals surface area (Å²) >= 11 is 6.23. The highest BCUT2D eigenvalue weighted by Gasteiger charge is 2.25. The summed E-state index contributed by atoms with van der Waals surface area (Å²) in [4.78, 5) is 7.20. The molecule has 0 atom stereocenters. The van der Waals surface area contributed by atoms with Gasteiger partial charge in [-0.1, -0.05) is 72.4 Å². The third-order valence-electron chi connectivity index (χ3n) is 3.97. The second-order valence-corrected chi connectivity index (χ2v) is 8.05. The number of nitrogens with two attached hydrogens (primary N) is 2. The molecule has 2 aromatic carbocycles. The first-order valence-corrected chi connectivity index (χ1v) is 11.3. The second kappa shape index (κ2) is 14.9. The van der Waals surface area contributed by atoms with Gasteiger partial charge in [0.25, 0.3) is 0 Å². The molecule has 0 fully saturated rings. The van der Waals surface area contributed by atoms with Crippen molar-refractivity contribution in [3.05, 3.63) is 107 Å². The van der Waals surface area contributed by atoms with Crippen LogP contribution in [0.1, 0.15) is 19.4 Å². The molecule has 0 aliphatic carbocycles. The van der Waals surface area contributed by atoms with Gasteiger partial charge in [-0.25, -0.2) is 15.2 Å². The average Bonchev–Trinajstić information content (AvgIpc) is 2.80. The number of anilines is 1. The Labute approximate surface area is 205 Å². The Bertz CT molecular complexity index is 1030. The molecule has 1 aliphatic heterocycles. The van der Waals surface area contributed by atoms with E-state index in [1.54, 1.807) is 24.3 Å². The molecule has 0 amide bonds. The number of aliphatic imine (C=N–C) groups is 1. The molecule has 0 saturated heterocycles. The first kappa shape index (κ1) is 28.0. The Morgan fingerprint density at radius 2 is 1.82 bits per heavy atom. The fourth-order valence-electron chi connectivity index (χ4n) is 2.56. The molecule has 2 aromatic rings. The molecule has 33 heavy (non-hydrogen) atoms. The van der Waals surface area contributed by atoms with Crippen LogP contribution in [-0.2, 0) is 0 Å². The number of amidine groups is 1. The first-order valence-electron chi connectivity index (χ1n) is 10.1. The fraction of sp³-hybridized carbons (Fsp3) is 0.160. The maximum absolute atomic E-state index is 13.4. The van der Waals surface area contributed by atoms with E-state index < -0.39 is 0 Å². The van der Waals surface area contributed by atoms with E-state index in [9.17, 15) is 4.39 Å². The van der Waals surface area contributed by atoms with Crippen molar-refractivity contribution in [2.75, 3.05) is 19.1 Å². The molecular formula is C25H31ClFN5S. The molecule has 1 aliphatic rings. The van der Waals surface area contributed by atoms with E-state index in [-0.39, 0.29) is 5.82 Å². The minimum Gasteiger partial charge on any atom is -0.390 e. The summed E-state index contributed by atoms with van der Waals surface area (Å²) in [5.74, 6) is 7.11. The first-order chi connectivity index (χ1) is 15.8. The third kappa shape index (κ3) is 8.81. The van der Waals surface area contributed by atoms with Crippen LogP contribution in [0.5, 0.6) is 0 Å². The van der Waals surface area contributed by atoms with E-state index in [1.165, 1.54) is 34.4 Å². The Hall–Kier alpha value is -3.00. The van der Waals surface area contributed by atoms with Gasteiger partial charge in [0.05, 0.1) is 5.69 Å². The number of allylic oxidation sites excluding steroid dienone is 4. The molecule has 0 radical (unpaired) electrons. The van der Waals surface area contributed by atoms with Crippen molar-refractivity contribution in [2.45, 2.75) is 18.7 Å². The lowest BCUT2D eigenvalue weighted by Crippen LogP contribution is -2.38. The number of nitrogens with zero attached hydrogens (tertiary/aromatic N) is 3. The number of thioether (sulfide) groups is 1. The van der Waals surface area contributed by atoms with Gasteiger partial charge in [-0.2, -0.15) is 0 Å². The number of rotatable bonds is 3. The number of fused-ring (bicyclic) bond motifs is 1. The van der Waals surface area contributed by atoms with E-state index in [0.29, 0.717) is 15.7 Å². The standard InChI is InChI=1S/C17H18FN5S.C5H8.C3H5Cl/c1-22(2)16-13-8-3-4-9-14(13)23(20)17(21-16)15(19)24-12-7-5-6-11(18)10-12;1-3-5-4-2;1-2-3-4/h3-10H,19-20H2,1-2H3;3-5H,1H2,2H3;2-3H,1H3/b17-15+;5-4-;3-2+. The molecule has 0 unspecified atom stereocenters. The van der Waals surface area contributed by atoms with Crippen molar-refractivity contribution in [2.24, 2.45) is 16.6 Å². The highest BCUT2D eigenvalue weighted by atomic mass is 35.5. The summed E-state index contributed by atoms with van der Waals surface area (Å²) in [6.45, 7) is 7.29. The number of para-hydroxylation sites is 1. The van der Waals surface area contributed by atoms with Gasteiger partial charge in [0.1, 0.15) is 16.7 Å². The van der Waals surface area contributed by atoms with Gasteiger partial charge in [-0.3, -0.25) is 5.01 Å². The van der Waals surface area contributed by atoms with Crippen LogP contribution in [0.4, 0.5) is 10.1 Å². The summed E-state index contributed by atoms with van der Waals surface area (Å²) in [5, 5.41) is 1.86. The lowest BCUT2D eigenvalue weighted by atomic mass is 10.1. The van der Waals surface area contributed by atoms with Crippen LogP contribution in [0.2, 0.25) is 0 Å². The SMILES string of the molecule is C/C=C/Cl.C=C/C=C\C.CN(C)C1=N/C(=C(/N)Sc2cccc(F)c2)N(N)c2ccccc21. The van der Waals surface area contributed by atoms with Crippen LogP contribution >= 0.6 is 23.4 Å². The van der Waals surface area contributed by atoms with Crippen molar-refractivity contribution < 1.29 is 4.39 Å². The molecule has 0 saturated carbocycles. The molecule has 5 nitrogen and oxygen atoms in total. The van der Waals surface area contributed by atoms with Crippen LogP contribution < -0.4 is 16.6 Å².